The van der Waals surface area contributed by atoms with Crippen LogP contribution in [-0.4, -0.2) is 43.6 Å². The van der Waals surface area contributed by atoms with Crippen molar-refractivity contribution in [1.82, 2.24) is 24.8 Å². The van der Waals surface area contributed by atoms with E-state index in [9.17, 15) is 9.18 Å². The number of hydrogen-bond donors (Lipinski definition) is 1. The van der Waals surface area contributed by atoms with Crippen LogP contribution >= 0.6 is 24.0 Å². The molecule has 2 bridgehead atoms. The first-order chi connectivity index (χ1) is 15.0. The van der Waals surface area contributed by atoms with Crippen molar-refractivity contribution in [3.8, 4) is 5.75 Å². The molecule has 1 amide bonds. The lowest BCUT2D eigenvalue weighted by molar-refractivity contribution is 0.0737. The second-order valence-electron chi connectivity index (χ2n) is 8.62. The smallest absolute Gasteiger partial charge is 0.258 e. The molecule has 168 valence electrons. The van der Waals surface area contributed by atoms with Gasteiger partial charge < -0.3 is 15.0 Å². The van der Waals surface area contributed by atoms with E-state index in [1.807, 2.05) is 0 Å². The molecule has 3 aliphatic rings. The van der Waals surface area contributed by atoms with Gasteiger partial charge in [0.05, 0.1) is 35.6 Å². The summed E-state index contributed by atoms with van der Waals surface area (Å²) in [6.45, 7) is 0.754. The summed E-state index contributed by atoms with van der Waals surface area (Å²) in [5.74, 6) is -0.288. The Morgan fingerprint density at radius 2 is 2.00 bits per heavy atom. The molecule has 1 aromatic carbocycles. The summed E-state index contributed by atoms with van der Waals surface area (Å²) in [4.78, 5) is 19.4. The highest BCUT2D eigenvalue weighted by molar-refractivity contribution is 6.30. The van der Waals surface area contributed by atoms with Gasteiger partial charge >= 0.3 is 0 Å². The van der Waals surface area contributed by atoms with E-state index in [1.165, 1.54) is 18.2 Å². The van der Waals surface area contributed by atoms with Crippen molar-refractivity contribution >= 4 is 35.6 Å². The fourth-order valence-corrected chi connectivity index (χ4v) is 5.23. The van der Waals surface area contributed by atoms with E-state index in [1.54, 1.807) is 21.8 Å². The summed E-state index contributed by atoms with van der Waals surface area (Å²) in [7, 11) is 0. The molecule has 6 rings (SSSR count). The van der Waals surface area contributed by atoms with Crippen molar-refractivity contribution in [3.63, 3.8) is 0 Å². The van der Waals surface area contributed by atoms with Gasteiger partial charge in [0.1, 0.15) is 17.7 Å². The number of fused-ring (bicyclic) bond motifs is 5. The predicted molar refractivity (Wildman–Crippen MR) is 119 cm³/mol. The first-order valence-electron chi connectivity index (χ1n) is 10.6. The average molecular weight is 478 g/mol. The van der Waals surface area contributed by atoms with Gasteiger partial charge in [0.2, 0.25) is 0 Å². The largest absolute Gasteiger partial charge is 0.489 e. The number of hydrogen-bond acceptors (Lipinski definition) is 5. The van der Waals surface area contributed by atoms with Crippen LogP contribution in [0, 0.1) is 5.82 Å². The SMILES string of the molecule is Cl.O=C(c1ccc(F)cc1OC1CC2CCC(C1)N2)N1Cc2nn3cc(Cl)cnc3c2C1. The highest BCUT2D eigenvalue weighted by atomic mass is 35.5. The molecule has 2 aromatic heterocycles. The van der Waals surface area contributed by atoms with E-state index in [4.69, 9.17) is 16.3 Å². The molecule has 0 saturated carbocycles. The van der Waals surface area contributed by atoms with E-state index in [2.05, 4.69) is 15.4 Å². The Kier molecular flexibility index (Phi) is 5.47. The summed E-state index contributed by atoms with van der Waals surface area (Å²) >= 11 is 6.00. The molecule has 3 aliphatic heterocycles. The van der Waals surface area contributed by atoms with E-state index in [0.717, 1.165) is 36.9 Å². The molecule has 0 spiro atoms. The zero-order valence-corrected chi connectivity index (χ0v) is 18.7. The molecule has 1 N–H and O–H groups in total. The van der Waals surface area contributed by atoms with Crippen LogP contribution in [0.1, 0.15) is 47.3 Å². The number of benzene rings is 1. The lowest BCUT2D eigenvalue weighted by atomic mass is 10.0. The van der Waals surface area contributed by atoms with Crippen molar-refractivity contribution in [1.29, 1.82) is 0 Å². The monoisotopic (exact) mass is 477 g/mol. The van der Waals surface area contributed by atoms with Gasteiger partial charge in [-0.3, -0.25) is 4.79 Å². The van der Waals surface area contributed by atoms with Crippen LogP contribution in [0.4, 0.5) is 4.39 Å². The zero-order valence-electron chi connectivity index (χ0n) is 17.1. The van der Waals surface area contributed by atoms with Crippen LogP contribution in [0.5, 0.6) is 5.75 Å². The van der Waals surface area contributed by atoms with E-state index in [-0.39, 0.29) is 24.4 Å². The summed E-state index contributed by atoms with van der Waals surface area (Å²) in [5.41, 5.74) is 2.77. The lowest BCUT2D eigenvalue weighted by Gasteiger charge is -2.30. The molecule has 2 saturated heterocycles. The number of amides is 1. The Morgan fingerprint density at radius 1 is 1.22 bits per heavy atom. The Morgan fingerprint density at radius 3 is 2.78 bits per heavy atom. The number of aromatic nitrogens is 3. The van der Waals surface area contributed by atoms with Crippen LogP contribution in [-0.2, 0) is 13.1 Å². The maximum atomic E-state index is 14.0. The van der Waals surface area contributed by atoms with Gasteiger partial charge in [0, 0.05) is 29.9 Å². The Hall–Kier alpha value is -2.42. The molecule has 3 aromatic rings. The Labute approximate surface area is 195 Å². The van der Waals surface area contributed by atoms with Crippen molar-refractivity contribution in [2.75, 3.05) is 0 Å². The molecular formula is C22H22Cl2FN5O2. The summed E-state index contributed by atoms with van der Waals surface area (Å²) in [5, 5.41) is 8.59. The van der Waals surface area contributed by atoms with Crippen LogP contribution in [0.3, 0.4) is 0 Å². The highest BCUT2D eigenvalue weighted by Gasteiger charge is 2.36. The summed E-state index contributed by atoms with van der Waals surface area (Å²) in [6.07, 6.45) is 7.30. The number of carbonyl (C=O) groups excluding carboxylic acids is 1. The molecule has 2 fully saturated rings. The van der Waals surface area contributed by atoms with Gasteiger partial charge in [-0.25, -0.2) is 13.9 Å². The fourth-order valence-electron chi connectivity index (χ4n) is 5.09. The molecular weight excluding hydrogens is 456 g/mol. The topological polar surface area (TPSA) is 71.8 Å². The molecule has 32 heavy (non-hydrogen) atoms. The van der Waals surface area contributed by atoms with Crippen LogP contribution < -0.4 is 10.1 Å². The third-order valence-corrected chi connectivity index (χ3v) is 6.69. The quantitative estimate of drug-likeness (QED) is 0.621. The maximum Gasteiger partial charge on any atom is 0.258 e. The lowest BCUT2D eigenvalue weighted by Crippen LogP contribution is -2.42. The number of nitrogens with zero attached hydrogens (tertiary/aromatic N) is 4. The molecule has 7 nitrogen and oxygen atoms in total. The molecule has 10 heteroatoms. The molecule has 5 heterocycles. The van der Waals surface area contributed by atoms with Gasteiger partial charge in [-0.15, -0.1) is 12.4 Å². The van der Waals surface area contributed by atoms with Crippen LogP contribution in [0.2, 0.25) is 5.02 Å². The number of carbonyl (C=O) groups is 1. The highest BCUT2D eigenvalue weighted by Crippen LogP contribution is 2.33. The predicted octanol–water partition coefficient (Wildman–Crippen LogP) is 3.76. The Balaban J connectivity index is 0.00000216. The van der Waals surface area contributed by atoms with Gasteiger partial charge in [0.15, 0.2) is 5.65 Å². The third kappa shape index (κ3) is 3.70. The van der Waals surface area contributed by atoms with E-state index in [0.29, 0.717) is 47.2 Å². The number of nitrogens with one attached hydrogen (secondary N) is 1. The number of rotatable bonds is 3. The van der Waals surface area contributed by atoms with Gasteiger partial charge in [-0.2, -0.15) is 5.10 Å². The second kappa shape index (κ2) is 8.17. The molecule has 2 unspecified atom stereocenters. The molecule has 2 atom stereocenters. The van der Waals surface area contributed by atoms with Crippen molar-refractivity contribution in [2.45, 2.75) is 57.0 Å². The van der Waals surface area contributed by atoms with Gasteiger partial charge in [0.25, 0.3) is 5.91 Å². The minimum Gasteiger partial charge on any atom is -0.489 e. The third-order valence-electron chi connectivity index (χ3n) is 6.49. The number of halogens is 3. The average Bonchev–Trinajstić information content (AvgIpc) is 3.39. The standard InChI is InChI=1S/C22H21ClFN5O2.ClH/c23-12-8-25-21-18-10-28(11-19(18)27-29(21)9-12)22(30)17-4-1-13(24)5-20(17)31-16-6-14-2-3-15(7-16)26-14;/h1,4-5,8-9,14-16,26H,2-3,6-7,10-11H2;1H. The molecule has 0 aliphatic carbocycles. The first kappa shape index (κ1) is 21.4. The first-order valence-corrected chi connectivity index (χ1v) is 10.9. The van der Waals surface area contributed by atoms with Gasteiger partial charge in [-0.05, 0) is 37.8 Å². The normalized spacial score (nSPS) is 23.8. The summed E-state index contributed by atoms with van der Waals surface area (Å²) < 4.78 is 21.9. The van der Waals surface area contributed by atoms with Crippen molar-refractivity contribution in [3.05, 3.63) is 58.3 Å². The van der Waals surface area contributed by atoms with Crippen LogP contribution in [0.25, 0.3) is 5.65 Å². The maximum absolute atomic E-state index is 14.0. The second-order valence-corrected chi connectivity index (χ2v) is 9.05. The van der Waals surface area contributed by atoms with Gasteiger partial charge in [-0.1, -0.05) is 11.6 Å². The zero-order chi connectivity index (χ0) is 21.1. The van der Waals surface area contributed by atoms with E-state index >= 15 is 0 Å². The van der Waals surface area contributed by atoms with E-state index < -0.39 is 5.82 Å². The van der Waals surface area contributed by atoms with Crippen molar-refractivity contribution < 1.29 is 13.9 Å². The minimum atomic E-state index is -0.410. The number of piperidine rings is 1. The summed E-state index contributed by atoms with van der Waals surface area (Å²) in [6, 6.07) is 5.05. The van der Waals surface area contributed by atoms with Crippen LogP contribution in [0.15, 0.2) is 30.6 Å². The molecule has 0 radical (unpaired) electrons. The number of ether oxygens (including phenoxy) is 1. The van der Waals surface area contributed by atoms with Crippen molar-refractivity contribution in [2.24, 2.45) is 0 Å². The minimum absolute atomic E-state index is 0. The fraction of sp³-hybridized carbons (Fsp3) is 0.409. The Bertz CT molecular complexity index is 1190.